The molecule has 0 rings (SSSR count). The lowest BCUT2D eigenvalue weighted by Crippen LogP contribution is -2.58. The molecule has 0 aliphatic rings. The quantitative estimate of drug-likeness (QED) is 0.0281. The summed E-state index contributed by atoms with van der Waals surface area (Å²) < 4.78 is 36.7. The number of nitrogens with one attached hydrogen (secondary N) is 1. The van der Waals surface area contributed by atoms with Gasteiger partial charge in [0.1, 0.15) is 0 Å². The Morgan fingerprint density at radius 1 is 0.714 bits per heavy atom. The van der Waals surface area contributed by atoms with Crippen LogP contribution in [0.15, 0.2) is 0 Å². The van der Waals surface area contributed by atoms with Crippen LogP contribution in [0.4, 0.5) is 0 Å². The van der Waals surface area contributed by atoms with E-state index in [9.17, 15) is 28.2 Å². The summed E-state index contributed by atoms with van der Waals surface area (Å²) in [6.45, 7) is 2.77. The molecule has 0 saturated heterocycles. The number of quaternary nitrogens is 1. The number of aliphatic hydroxyl groups is 2. The normalized spacial score (nSPS) is 13.2. The first kappa shape index (κ1) is 41.8. The molecule has 42 heavy (non-hydrogen) atoms. The standard InChI is InChI=1S/C30H66N2O8SSi/c1-4-5-6-7-8-9-10-11-12-13-14-15-16-17-18-19-23-32(2,3)24-21-26-42(38,39)40-29-30(27-33,28-34)31-22-20-25-41(35,36)37/h31,33-34,38-39H,4-29H2,1-3H3/p+1. The van der Waals surface area contributed by atoms with Gasteiger partial charge in [0.2, 0.25) is 0 Å². The Morgan fingerprint density at radius 3 is 1.57 bits per heavy atom. The van der Waals surface area contributed by atoms with E-state index in [-0.39, 0.29) is 25.6 Å². The second kappa shape index (κ2) is 24.1. The Morgan fingerprint density at radius 2 is 1.14 bits per heavy atom. The minimum absolute atomic E-state index is 0.0633. The van der Waals surface area contributed by atoms with E-state index >= 15 is 0 Å². The van der Waals surface area contributed by atoms with Crippen LogP contribution in [0.2, 0.25) is 6.04 Å². The van der Waals surface area contributed by atoms with Crippen molar-refractivity contribution in [3.05, 3.63) is 0 Å². The van der Waals surface area contributed by atoms with Gasteiger partial charge in [-0.15, -0.1) is 0 Å². The lowest BCUT2D eigenvalue weighted by atomic mass is 10.0. The fourth-order valence-electron chi connectivity index (χ4n) is 5.18. The summed E-state index contributed by atoms with van der Waals surface area (Å²) in [5, 5.41) is 22.3. The summed E-state index contributed by atoms with van der Waals surface area (Å²) >= 11 is 0. The van der Waals surface area contributed by atoms with E-state index in [1.165, 1.54) is 96.3 Å². The van der Waals surface area contributed by atoms with Gasteiger partial charge in [0.25, 0.3) is 10.1 Å². The molecule has 10 nitrogen and oxygen atoms in total. The molecule has 0 amide bonds. The lowest BCUT2D eigenvalue weighted by Gasteiger charge is -2.33. The number of unbranched alkanes of at least 4 members (excludes halogenated alkanes) is 15. The van der Waals surface area contributed by atoms with Gasteiger partial charge in [0.15, 0.2) is 0 Å². The van der Waals surface area contributed by atoms with Crippen molar-refractivity contribution in [2.75, 3.05) is 59.3 Å². The van der Waals surface area contributed by atoms with Crippen LogP contribution in [0.3, 0.4) is 0 Å². The van der Waals surface area contributed by atoms with Crippen LogP contribution in [-0.4, -0.2) is 111 Å². The third-order valence-electron chi connectivity index (χ3n) is 8.15. The monoisotopic (exact) mass is 643 g/mol. The van der Waals surface area contributed by atoms with Crippen LogP contribution < -0.4 is 5.32 Å². The predicted octanol–water partition coefficient (Wildman–Crippen LogP) is 4.25. The van der Waals surface area contributed by atoms with Gasteiger partial charge < -0.3 is 34.0 Å². The molecular weight excluding hydrogens is 576 g/mol. The van der Waals surface area contributed by atoms with Crippen molar-refractivity contribution in [2.45, 2.75) is 134 Å². The van der Waals surface area contributed by atoms with Gasteiger partial charge in [-0.2, -0.15) is 8.42 Å². The first-order valence-corrected chi connectivity index (χ1v) is 20.2. The molecule has 0 bridgehead atoms. The van der Waals surface area contributed by atoms with E-state index < -0.39 is 43.4 Å². The van der Waals surface area contributed by atoms with Gasteiger partial charge in [-0.3, -0.25) is 4.55 Å². The average Bonchev–Trinajstić information content (AvgIpc) is 2.92. The summed E-state index contributed by atoms with van der Waals surface area (Å²) in [5.41, 5.74) is -1.34. The zero-order valence-electron chi connectivity index (χ0n) is 27.2. The molecule has 0 atom stereocenters. The molecule has 0 aliphatic carbocycles. The molecule has 0 heterocycles. The highest BCUT2D eigenvalue weighted by Crippen LogP contribution is 2.16. The van der Waals surface area contributed by atoms with Crippen molar-refractivity contribution >= 4 is 18.9 Å². The number of hydrogen-bond donors (Lipinski definition) is 6. The maximum atomic E-state index is 10.9. The van der Waals surface area contributed by atoms with Crippen LogP contribution in [-0.2, 0) is 14.5 Å². The van der Waals surface area contributed by atoms with Crippen LogP contribution in [0.5, 0.6) is 0 Å². The summed E-state index contributed by atoms with van der Waals surface area (Å²) in [5.74, 6) is -0.458. The number of rotatable bonds is 31. The minimum Gasteiger partial charge on any atom is -0.394 e. The van der Waals surface area contributed by atoms with Crippen molar-refractivity contribution in [3.63, 3.8) is 0 Å². The lowest BCUT2D eigenvalue weighted by molar-refractivity contribution is -0.890. The van der Waals surface area contributed by atoms with Gasteiger partial charge in [-0.1, -0.05) is 96.8 Å². The van der Waals surface area contributed by atoms with E-state index in [1.54, 1.807) is 0 Å². The van der Waals surface area contributed by atoms with Crippen LogP contribution in [0.25, 0.3) is 0 Å². The van der Waals surface area contributed by atoms with Crippen LogP contribution >= 0.6 is 0 Å². The Labute approximate surface area is 259 Å². The molecule has 0 aromatic carbocycles. The maximum absolute atomic E-state index is 10.9. The van der Waals surface area contributed by atoms with Crippen molar-refractivity contribution < 1.29 is 41.7 Å². The SMILES string of the molecule is CCCCCCCCCCCCCCCCCC[N+](C)(C)CCC[Si](O)(O)OCC(CO)(CO)NCCCS(=O)(=O)O. The summed E-state index contributed by atoms with van der Waals surface area (Å²) in [6, 6.07) is 0.114. The number of hydrogen-bond acceptors (Lipinski definition) is 8. The molecule has 0 spiro atoms. The Kier molecular flexibility index (Phi) is 24.0. The highest BCUT2D eigenvalue weighted by atomic mass is 32.2. The third-order valence-corrected chi connectivity index (χ3v) is 10.6. The topological polar surface area (TPSA) is 157 Å². The van der Waals surface area contributed by atoms with Gasteiger partial charge >= 0.3 is 8.80 Å². The molecule has 0 unspecified atom stereocenters. The fraction of sp³-hybridized carbons (Fsp3) is 1.00. The first-order chi connectivity index (χ1) is 19.8. The van der Waals surface area contributed by atoms with Gasteiger partial charge in [0.05, 0.1) is 58.3 Å². The van der Waals surface area contributed by atoms with Crippen molar-refractivity contribution in [1.29, 1.82) is 0 Å². The molecule has 0 aliphatic heterocycles. The van der Waals surface area contributed by atoms with E-state index in [4.69, 9.17) is 8.98 Å². The highest BCUT2D eigenvalue weighted by molar-refractivity contribution is 7.85. The van der Waals surface area contributed by atoms with E-state index in [1.807, 2.05) is 0 Å². The van der Waals surface area contributed by atoms with E-state index in [0.29, 0.717) is 6.42 Å². The predicted molar refractivity (Wildman–Crippen MR) is 173 cm³/mol. The van der Waals surface area contributed by atoms with Crippen LogP contribution in [0, 0.1) is 0 Å². The number of nitrogens with zero attached hydrogens (tertiary/aromatic N) is 1. The molecule has 0 saturated carbocycles. The van der Waals surface area contributed by atoms with Crippen molar-refractivity contribution in [3.8, 4) is 0 Å². The zero-order valence-corrected chi connectivity index (χ0v) is 29.0. The average molecular weight is 644 g/mol. The molecule has 6 N–H and O–H groups in total. The van der Waals surface area contributed by atoms with Crippen LogP contribution in [0.1, 0.15) is 122 Å². The van der Waals surface area contributed by atoms with Crippen molar-refractivity contribution in [1.82, 2.24) is 5.32 Å². The zero-order chi connectivity index (χ0) is 31.8. The van der Waals surface area contributed by atoms with E-state index in [0.717, 1.165) is 24.0 Å². The molecule has 0 fully saturated rings. The molecule has 0 radical (unpaired) electrons. The minimum atomic E-state index is -4.10. The Hall–Kier alpha value is -0.153. The van der Waals surface area contributed by atoms with Gasteiger partial charge in [0, 0.05) is 12.5 Å². The highest BCUT2D eigenvalue weighted by Gasteiger charge is 2.38. The molecule has 254 valence electrons. The first-order valence-electron chi connectivity index (χ1n) is 16.6. The second-order valence-electron chi connectivity index (χ2n) is 13.0. The third kappa shape index (κ3) is 25.2. The van der Waals surface area contributed by atoms with Gasteiger partial charge in [-0.05, 0) is 25.8 Å². The summed E-state index contributed by atoms with van der Waals surface area (Å²) in [7, 11) is -3.80. The molecule has 0 aromatic rings. The Bertz CT molecular complexity index is 737. The van der Waals surface area contributed by atoms with Crippen molar-refractivity contribution in [2.24, 2.45) is 0 Å². The Balaban J connectivity index is 3.96. The summed E-state index contributed by atoms with van der Waals surface area (Å²) in [6.07, 6.45) is 22.2. The smallest absolute Gasteiger partial charge is 0.394 e. The molecular formula is C30H67N2O8SSi+. The molecule has 12 heteroatoms. The maximum Gasteiger partial charge on any atom is 0.495 e. The second-order valence-corrected chi connectivity index (χ2v) is 16.8. The molecule has 0 aromatic heterocycles. The fourth-order valence-corrected chi connectivity index (χ4v) is 6.95. The summed E-state index contributed by atoms with van der Waals surface area (Å²) in [4.78, 5) is 20.9. The number of aliphatic hydroxyl groups excluding tert-OH is 2. The van der Waals surface area contributed by atoms with Gasteiger partial charge in [-0.25, -0.2) is 0 Å². The van der Waals surface area contributed by atoms with E-state index in [2.05, 4.69) is 26.3 Å². The largest absolute Gasteiger partial charge is 0.495 e.